The number of aliphatic carboxylic acids is 1. The number of amides is 1. The maximum atomic E-state index is 14.8. The van der Waals surface area contributed by atoms with Crippen LogP contribution in [0.2, 0.25) is 0 Å². The number of piperidine rings is 1. The van der Waals surface area contributed by atoms with Crippen molar-refractivity contribution < 1.29 is 46.5 Å². The molecule has 0 radical (unpaired) electrons. The molecule has 0 aromatic heterocycles. The number of carbonyl (C=O) groups excluding carboxylic acids is 1. The molecule has 2 N–H and O–H groups in total. The number of hydrogen-bond acceptors (Lipinski definition) is 4. The predicted molar refractivity (Wildman–Crippen MR) is 137 cm³/mol. The van der Waals surface area contributed by atoms with Crippen molar-refractivity contribution in [2.75, 3.05) is 19.7 Å². The number of alkyl halides is 4. The molecule has 3 atom stereocenters. The molecule has 0 bridgehead atoms. The van der Waals surface area contributed by atoms with Gasteiger partial charge in [-0.3, -0.25) is 9.59 Å². The summed E-state index contributed by atoms with van der Waals surface area (Å²) in [6, 6.07) is 9.58. The fraction of sp³-hybridized carbons (Fsp3) is 0.533. The fourth-order valence-electron chi connectivity index (χ4n) is 6.67. The Morgan fingerprint density at radius 2 is 1.71 bits per heavy atom. The number of halogens is 5. The van der Waals surface area contributed by atoms with Crippen LogP contribution in [0, 0.1) is 17.7 Å². The van der Waals surface area contributed by atoms with Gasteiger partial charge in [-0.25, -0.2) is 8.78 Å². The van der Waals surface area contributed by atoms with Gasteiger partial charge in [0.1, 0.15) is 17.2 Å². The molecule has 2 aliphatic heterocycles. The van der Waals surface area contributed by atoms with Crippen molar-refractivity contribution >= 4 is 11.9 Å². The van der Waals surface area contributed by atoms with E-state index in [0.717, 1.165) is 17.7 Å². The van der Waals surface area contributed by atoms with Crippen LogP contribution < -0.4 is 4.74 Å². The summed E-state index contributed by atoms with van der Waals surface area (Å²) in [6.45, 7) is 0.921. The van der Waals surface area contributed by atoms with Gasteiger partial charge in [-0.2, -0.15) is 13.2 Å². The van der Waals surface area contributed by atoms with Crippen LogP contribution in [0.15, 0.2) is 42.5 Å². The molecule has 0 spiro atoms. The monoisotopic (exact) mass is 581 g/mol. The second-order valence-electron chi connectivity index (χ2n) is 11.8. The Kier molecular flexibility index (Phi) is 7.33. The normalized spacial score (nSPS) is 29.5. The molecule has 6 nitrogen and oxygen atoms in total. The van der Waals surface area contributed by atoms with Crippen LogP contribution in [0.4, 0.5) is 22.0 Å². The van der Waals surface area contributed by atoms with E-state index in [9.17, 15) is 41.8 Å². The summed E-state index contributed by atoms with van der Waals surface area (Å²) in [4.78, 5) is 26.4. The first-order valence-electron chi connectivity index (χ1n) is 13.7. The van der Waals surface area contributed by atoms with Crippen molar-refractivity contribution in [3.05, 3.63) is 65.0 Å². The Morgan fingerprint density at radius 3 is 2.32 bits per heavy atom. The number of likely N-dealkylation sites (tertiary alicyclic amines) is 1. The van der Waals surface area contributed by atoms with Gasteiger partial charge in [-0.1, -0.05) is 24.3 Å². The molecular formula is C30H32F5NO5. The summed E-state index contributed by atoms with van der Waals surface area (Å²) in [6.07, 6.45) is -3.92. The summed E-state index contributed by atoms with van der Waals surface area (Å²) in [7, 11) is 0. The van der Waals surface area contributed by atoms with Crippen molar-refractivity contribution in [3.63, 3.8) is 0 Å². The summed E-state index contributed by atoms with van der Waals surface area (Å²) in [5.74, 6) is -2.64. The van der Waals surface area contributed by atoms with Crippen LogP contribution in [0.1, 0.15) is 55.7 Å². The maximum Gasteiger partial charge on any atom is 0.426 e. The van der Waals surface area contributed by atoms with E-state index < -0.39 is 52.0 Å². The van der Waals surface area contributed by atoms with E-state index in [1.54, 1.807) is 17.0 Å². The number of carboxylic acid groups (broad SMARTS) is 1. The zero-order chi connectivity index (χ0) is 29.8. The van der Waals surface area contributed by atoms with Crippen LogP contribution in [0.5, 0.6) is 5.75 Å². The number of rotatable bonds is 5. The van der Waals surface area contributed by atoms with Gasteiger partial charge in [0.25, 0.3) is 5.91 Å². The first-order chi connectivity index (χ1) is 19.2. The van der Waals surface area contributed by atoms with Gasteiger partial charge in [0, 0.05) is 35.5 Å². The molecule has 41 heavy (non-hydrogen) atoms. The van der Waals surface area contributed by atoms with Gasteiger partial charge < -0.3 is 19.8 Å². The van der Waals surface area contributed by atoms with Crippen LogP contribution >= 0.6 is 0 Å². The molecule has 2 fully saturated rings. The molecule has 2 heterocycles. The number of aliphatic hydroxyl groups is 1. The molecule has 2 aromatic rings. The first-order valence-corrected chi connectivity index (χ1v) is 13.7. The Labute approximate surface area is 234 Å². The third-order valence-corrected chi connectivity index (χ3v) is 9.36. The molecule has 3 unspecified atom stereocenters. The largest absolute Gasteiger partial charge is 0.493 e. The molecule has 2 aromatic carbocycles. The highest BCUT2D eigenvalue weighted by Crippen LogP contribution is 2.52. The van der Waals surface area contributed by atoms with E-state index in [1.807, 2.05) is 0 Å². The van der Waals surface area contributed by atoms with Crippen molar-refractivity contribution in [3.8, 4) is 5.75 Å². The number of hydrogen-bond donors (Lipinski definition) is 2. The first kappa shape index (κ1) is 29.3. The van der Waals surface area contributed by atoms with E-state index in [4.69, 9.17) is 4.74 Å². The van der Waals surface area contributed by atoms with E-state index in [0.29, 0.717) is 25.3 Å². The van der Waals surface area contributed by atoms with Gasteiger partial charge in [0.2, 0.25) is 5.67 Å². The highest BCUT2D eigenvalue weighted by atomic mass is 19.4. The van der Waals surface area contributed by atoms with E-state index in [2.05, 4.69) is 0 Å². The van der Waals surface area contributed by atoms with Gasteiger partial charge >= 0.3 is 12.1 Å². The lowest BCUT2D eigenvalue weighted by molar-refractivity contribution is -0.228. The Hall–Kier alpha value is -3.21. The summed E-state index contributed by atoms with van der Waals surface area (Å²) < 4.78 is 74.7. The number of ether oxygens (including phenoxy) is 1. The predicted octanol–water partition coefficient (Wildman–Crippen LogP) is 5.30. The quantitative estimate of drug-likeness (QED) is 0.468. The van der Waals surface area contributed by atoms with Gasteiger partial charge in [0.15, 0.2) is 0 Å². The maximum absolute atomic E-state index is 14.8. The van der Waals surface area contributed by atoms with Crippen molar-refractivity contribution in [2.45, 2.75) is 68.3 Å². The van der Waals surface area contributed by atoms with Crippen molar-refractivity contribution in [1.82, 2.24) is 4.90 Å². The van der Waals surface area contributed by atoms with E-state index in [-0.39, 0.29) is 57.0 Å². The lowest BCUT2D eigenvalue weighted by Crippen LogP contribution is -2.60. The van der Waals surface area contributed by atoms with E-state index in [1.165, 1.54) is 18.2 Å². The lowest BCUT2D eigenvalue weighted by atomic mass is 9.61. The third kappa shape index (κ3) is 5.17. The minimum atomic E-state index is -5.13. The molecule has 1 aliphatic carbocycles. The summed E-state index contributed by atoms with van der Waals surface area (Å²) >= 11 is 0. The summed E-state index contributed by atoms with van der Waals surface area (Å²) in [5, 5.41) is 20.4. The molecular weight excluding hydrogens is 549 g/mol. The Bertz CT molecular complexity index is 1320. The van der Waals surface area contributed by atoms with Crippen LogP contribution in [-0.2, 0) is 27.1 Å². The molecule has 5 rings (SSSR count). The van der Waals surface area contributed by atoms with Gasteiger partial charge in [-0.15, -0.1) is 0 Å². The molecule has 1 amide bonds. The zero-order valence-corrected chi connectivity index (χ0v) is 22.5. The third-order valence-electron chi connectivity index (χ3n) is 9.36. The standard InChI is InChI=1S/C30H32F5NO5/c1-27(32,30(33,34)35)20-4-7-23-24(14-20)41-17-21-16-36(26(39)29(40)10-8-19(9-11-29)25(37)38)13-12-28(21,23)15-18-2-5-22(31)6-3-18/h2-7,14,19,21,40H,8-13,15-17H2,1H3,(H,37,38). The number of fused-ring (bicyclic) bond motifs is 3. The molecule has 1 saturated heterocycles. The van der Waals surface area contributed by atoms with Crippen LogP contribution in [-0.4, -0.2) is 58.5 Å². The molecule has 222 valence electrons. The van der Waals surface area contributed by atoms with Crippen molar-refractivity contribution in [2.24, 2.45) is 11.8 Å². The highest BCUT2D eigenvalue weighted by Gasteiger charge is 2.55. The minimum Gasteiger partial charge on any atom is -0.493 e. The van der Waals surface area contributed by atoms with Crippen molar-refractivity contribution in [1.29, 1.82) is 0 Å². The number of benzene rings is 2. The second-order valence-corrected chi connectivity index (χ2v) is 11.8. The molecule has 1 saturated carbocycles. The van der Waals surface area contributed by atoms with E-state index >= 15 is 0 Å². The Balaban J connectivity index is 1.46. The second kappa shape index (κ2) is 10.3. The zero-order valence-electron chi connectivity index (χ0n) is 22.5. The smallest absolute Gasteiger partial charge is 0.426 e. The number of carboxylic acids is 1. The van der Waals surface area contributed by atoms with Crippen LogP contribution in [0.3, 0.4) is 0 Å². The Morgan fingerprint density at radius 1 is 1.05 bits per heavy atom. The average Bonchev–Trinajstić information content (AvgIpc) is 2.93. The number of carbonyl (C=O) groups is 2. The SMILES string of the molecule is CC(F)(c1ccc2c(c1)OCC1CN(C(=O)C3(O)CCC(C(=O)O)CC3)CCC21Cc1ccc(F)cc1)C(F)(F)F. The molecule has 3 aliphatic rings. The number of nitrogens with zero attached hydrogens (tertiary/aromatic N) is 1. The average molecular weight is 582 g/mol. The lowest BCUT2D eigenvalue weighted by Gasteiger charge is -2.52. The topological polar surface area (TPSA) is 87.1 Å². The van der Waals surface area contributed by atoms with Gasteiger partial charge in [-0.05, 0) is 69.2 Å². The minimum absolute atomic E-state index is 0.0357. The van der Waals surface area contributed by atoms with Crippen LogP contribution in [0.25, 0.3) is 0 Å². The summed E-state index contributed by atoms with van der Waals surface area (Å²) in [5.41, 5.74) is -5.18. The molecule has 11 heteroatoms. The van der Waals surface area contributed by atoms with Gasteiger partial charge in [0.05, 0.1) is 12.5 Å². The highest BCUT2D eigenvalue weighted by molar-refractivity contribution is 5.85. The fourth-order valence-corrected chi connectivity index (χ4v) is 6.67.